The summed E-state index contributed by atoms with van der Waals surface area (Å²) in [7, 11) is 1.87. The average molecular weight is 222 g/mol. The minimum Gasteiger partial charge on any atom is -0.350 e. The van der Waals surface area contributed by atoms with Gasteiger partial charge in [-0.1, -0.05) is 0 Å². The monoisotopic (exact) mass is 222 g/mol. The van der Waals surface area contributed by atoms with Gasteiger partial charge in [0.25, 0.3) is 0 Å². The molecule has 0 radical (unpaired) electrons. The van der Waals surface area contributed by atoms with Crippen LogP contribution in [-0.4, -0.2) is 21.2 Å². The van der Waals surface area contributed by atoms with Crippen LogP contribution in [0.4, 0.5) is 0 Å². The van der Waals surface area contributed by atoms with Crippen molar-refractivity contribution >= 4 is 5.91 Å². The molecule has 2 rings (SSSR count). The van der Waals surface area contributed by atoms with Gasteiger partial charge in [-0.2, -0.15) is 5.10 Å². The lowest BCUT2D eigenvalue weighted by Gasteiger charge is -2.36. The minimum atomic E-state index is -0.615. The zero-order valence-electron chi connectivity index (χ0n) is 9.79. The van der Waals surface area contributed by atoms with Gasteiger partial charge in [0, 0.05) is 25.4 Å². The van der Waals surface area contributed by atoms with Crippen LogP contribution in [0.2, 0.25) is 0 Å². The van der Waals surface area contributed by atoms with E-state index in [9.17, 15) is 4.79 Å². The minimum absolute atomic E-state index is 0.0398. The quantitative estimate of drug-likeness (QED) is 0.768. The Morgan fingerprint density at radius 2 is 2.38 bits per heavy atom. The molecule has 1 saturated carbocycles. The maximum Gasteiger partial charge on any atom is 0.240 e. The van der Waals surface area contributed by atoms with Crippen molar-refractivity contribution < 1.29 is 4.79 Å². The summed E-state index contributed by atoms with van der Waals surface area (Å²) in [6, 6.07) is 0. The first-order valence-electron chi connectivity index (χ1n) is 5.57. The standard InChI is InChI=1S/C11H18N4O/c1-8-9(7-15(2)14-8)6-13-10(16)11(12)4-3-5-11/h7H,3-6,12H2,1-2H3,(H,13,16). The Labute approximate surface area is 95.0 Å². The number of amides is 1. The van der Waals surface area contributed by atoms with Crippen LogP contribution in [0.25, 0.3) is 0 Å². The number of rotatable bonds is 3. The topological polar surface area (TPSA) is 72.9 Å². The molecule has 1 aliphatic carbocycles. The Morgan fingerprint density at radius 3 is 2.81 bits per heavy atom. The third-order valence-corrected chi connectivity index (χ3v) is 3.25. The first-order chi connectivity index (χ1) is 7.51. The molecule has 0 spiro atoms. The van der Waals surface area contributed by atoms with Gasteiger partial charge in [0.1, 0.15) is 0 Å². The van der Waals surface area contributed by atoms with Gasteiger partial charge in [0.15, 0.2) is 0 Å². The highest BCUT2D eigenvalue weighted by molar-refractivity contribution is 5.86. The van der Waals surface area contributed by atoms with Gasteiger partial charge in [-0.05, 0) is 26.2 Å². The van der Waals surface area contributed by atoms with Crippen molar-refractivity contribution in [3.05, 3.63) is 17.5 Å². The molecule has 1 aromatic heterocycles. The summed E-state index contributed by atoms with van der Waals surface area (Å²) in [6.45, 7) is 2.44. The number of nitrogens with one attached hydrogen (secondary N) is 1. The van der Waals surface area contributed by atoms with Crippen LogP contribution in [0.15, 0.2) is 6.20 Å². The molecule has 5 nitrogen and oxygen atoms in total. The van der Waals surface area contributed by atoms with Gasteiger partial charge in [-0.3, -0.25) is 9.48 Å². The van der Waals surface area contributed by atoms with Gasteiger partial charge < -0.3 is 11.1 Å². The molecular formula is C11H18N4O. The van der Waals surface area contributed by atoms with E-state index in [1.54, 1.807) is 4.68 Å². The van der Waals surface area contributed by atoms with E-state index in [1.807, 2.05) is 20.2 Å². The SMILES string of the molecule is Cc1nn(C)cc1CNC(=O)C1(N)CCC1. The molecule has 1 amide bonds. The van der Waals surface area contributed by atoms with E-state index in [0.29, 0.717) is 6.54 Å². The number of hydrogen-bond acceptors (Lipinski definition) is 3. The van der Waals surface area contributed by atoms with Crippen molar-refractivity contribution in [1.82, 2.24) is 15.1 Å². The lowest BCUT2D eigenvalue weighted by atomic mass is 9.77. The fourth-order valence-corrected chi connectivity index (χ4v) is 1.96. The normalized spacial score (nSPS) is 17.9. The van der Waals surface area contributed by atoms with Crippen LogP contribution in [0.5, 0.6) is 0 Å². The Hall–Kier alpha value is -1.36. The summed E-state index contributed by atoms with van der Waals surface area (Å²) in [5.74, 6) is -0.0398. The number of nitrogens with two attached hydrogens (primary N) is 1. The molecule has 1 fully saturated rings. The van der Waals surface area contributed by atoms with Crippen molar-refractivity contribution in [3.63, 3.8) is 0 Å². The number of aromatic nitrogens is 2. The second-order valence-corrected chi connectivity index (χ2v) is 4.61. The molecule has 1 heterocycles. The number of aryl methyl sites for hydroxylation is 2. The second-order valence-electron chi connectivity index (χ2n) is 4.61. The molecule has 0 unspecified atom stereocenters. The van der Waals surface area contributed by atoms with Crippen molar-refractivity contribution in [2.24, 2.45) is 12.8 Å². The van der Waals surface area contributed by atoms with Crippen molar-refractivity contribution in [2.75, 3.05) is 0 Å². The highest BCUT2D eigenvalue weighted by atomic mass is 16.2. The third-order valence-electron chi connectivity index (χ3n) is 3.25. The molecule has 0 aromatic carbocycles. The van der Waals surface area contributed by atoms with E-state index in [2.05, 4.69) is 10.4 Å². The fourth-order valence-electron chi connectivity index (χ4n) is 1.96. The molecular weight excluding hydrogens is 204 g/mol. The molecule has 0 bridgehead atoms. The molecule has 3 N–H and O–H groups in total. The van der Waals surface area contributed by atoms with Crippen LogP contribution in [0.1, 0.15) is 30.5 Å². The lowest BCUT2D eigenvalue weighted by molar-refractivity contribution is -0.129. The molecule has 1 aromatic rings. The number of carbonyl (C=O) groups is 1. The fraction of sp³-hybridized carbons (Fsp3) is 0.636. The van der Waals surface area contributed by atoms with E-state index < -0.39 is 5.54 Å². The Morgan fingerprint density at radius 1 is 1.69 bits per heavy atom. The smallest absolute Gasteiger partial charge is 0.240 e. The highest BCUT2D eigenvalue weighted by Gasteiger charge is 2.39. The molecule has 0 saturated heterocycles. The zero-order chi connectivity index (χ0) is 11.8. The average Bonchev–Trinajstić information content (AvgIpc) is 2.50. The second kappa shape index (κ2) is 3.90. The van der Waals surface area contributed by atoms with Crippen LogP contribution in [-0.2, 0) is 18.4 Å². The van der Waals surface area contributed by atoms with Crippen LogP contribution < -0.4 is 11.1 Å². The third kappa shape index (κ3) is 1.95. The van der Waals surface area contributed by atoms with Crippen molar-refractivity contribution in [2.45, 2.75) is 38.3 Å². The summed E-state index contributed by atoms with van der Waals surface area (Å²) in [6.07, 6.45) is 4.56. The van der Waals surface area contributed by atoms with Crippen molar-refractivity contribution in [1.29, 1.82) is 0 Å². The summed E-state index contributed by atoms with van der Waals surface area (Å²) in [5, 5.41) is 7.10. The Bertz CT molecular complexity index is 406. The summed E-state index contributed by atoms with van der Waals surface area (Å²) < 4.78 is 1.75. The molecule has 1 aliphatic rings. The van der Waals surface area contributed by atoms with Crippen molar-refractivity contribution in [3.8, 4) is 0 Å². The summed E-state index contributed by atoms with van der Waals surface area (Å²) in [4.78, 5) is 11.8. The molecule has 0 aliphatic heterocycles. The Kier molecular flexibility index (Phi) is 2.71. The number of carbonyl (C=O) groups excluding carboxylic acids is 1. The van der Waals surface area contributed by atoms with Crippen LogP contribution in [0.3, 0.4) is 0 Å². The van der Waals surface area contributed by atoms with Gasteiger partial charge >= 0.3 is 0 Å². The first-order valence-corrected chi connectivity index (χ1v) is 5.57. The van der Waals surface area contributed by atoms with Crippen LogP contribution >= 0.6 is 0 Å². The maximum absolute atomic E-state index is 11.8. The van der Waals surface area contributed by atoms with E-state index in [1.165, 1.54) is 0 Å². The van der Waals surface area contributed by atoms with Gasteiger partial charge in [-0.25, -0.2) is 0 Å². The first kappa shape index (κ1) is 11.1. The highest BCUT2D eigenvalue weighted by Crippen LogP contribution is 2.29. The predicted molar refractivity (Wildman–Crippen MR) is 60.6 cm³/mol. The number of hydrogen-bond donors (Lipinski definition) is 2. The number of nitrogens with zero attached hydrogens (tertiary/aromatic N) is 2. The van der Waals surface area contributed by atoms with E-state index in [-0.39, 0.29) is 5.91 Å². The largest absolute Gasteiger partial charge is 0.350 e. The lowest BCUT2D eigenvalue weighted by Crippen LogP contribution is -2.58. The van der Waals surface area contributed by atoms with Crippen LogP contribution in [0, 0.1) is 6.92 Å². The molecule has 0 atom stereocenters. The summed E-state index contributed by atoms with van der Waals surface area (Å²) >= 11 is 0. The van der Waals surface area contributed by atoms with Gasteiger partial charge in [0.05, 0.1) is 11.2 Å². The van der Waals surface area contributed by atoms with Gasteiger partial charge in [-0.15, -0.1) is 0 Å². The van der Waals surface area contributed by atoms with Gasteiger partial charge in [0.2, 0.25) is 5.91 Å². The zero-order valence-corrected chi connectivity index (χ0v) is 9.79. The molecule has 88 valence electrons. The predicted octanol–water partition coefficient (Wildman–Crippen LogP) is 0.226. The Balaban J connectivity index is 1.92. The van der Waals surface area contributed by atoms with E-state index in [0.717, 1.165) is 30.5 Å². The summed E-state index contributed by atoms with van der Waals surface area (Å²) in [5.41, 5.74) is 7.29. The van der Waals surface area contributed by atoms with E-state index >= 15 is 0 Å². The maximum atomic E-state index is 11.8. The molecule has 5 heteroatoms. The molecule has 16 heavy (non-hydrogen) atoms. The van der Waals surface area contributed by atoms with E-state index in [4.69, 9.17) is 5.73 Å².